The lowest BCUT2D eigenvalue weighted by atomic mass is 10.1. The number of carbonyl (C=O) groups excluding carboxylic acids is 1. The van der Waals surface area contributed by atoms with Gasteiger partial charge in [0.05, 0.1) is 13.7 Å². The number of ether oxygens (including phenoxy) is 2. The van der Waals surface area contributed by atoms with Crippen LogP contribution in [-0.4, -0.2) is 37.4 Å². The molecule has 0 saturated carbocycles. The highest BCUT2D eigenvalue weighted by atomic mass is 16.5. The van der Waals surface area contributed by atoms with E-state index in [1.807, 2.05) is 32.0 Å². The van der Waals surface area contributed by atoms with Gasteiger partial charge in [-0.3, -0.25) is 5.32 Å². The molecule has 0 heterocycles. The predicted molar refractivity (Wildman–Crippen MR) is 81.8 cm³/mol. The summed E-state index contributed by atoms with van der Waals surface area (Å²) in [4.78, 5) is 10.5. The van der Waals surface area contributed by atoms with Crippen molar-refractivity contribution in [2.75, 3.05) is 13.7 Å². The molecule has 0 aliphatic heterocycles. The van der Waals surface area contributed by atoms with Gasteiger partial charge in [-0.25, -0.2) is 0 Å². The zero-order valence-electron chi connectivity index (χ0n) is 13.0. The van der Waals surface area contributed by atoms with E-state index in [4.69, 9.17) is 9.47 Å². The van der Waals surface area contributed by atoms with Crippen LogP contribution < -0.4 is 14.8 Å². The van der Waals surface area contributed by atoms with Gasteiger partial charge in [-0.2, -0.15) is 0 Å². The topological polar surface area (TPSA) is 67.8 Å². The molecule has 0 saturated heterocycles. The van der Waals surface area contributed by atoms with Crippen molar-refractivity contribution >= 4 is 6.29 Å². The number of aryl methyl sites for hydroxylation is 1. The molecular weight excluding hydrogens is 270 g/mol. The molecule has 1 rings (SSSR count). The first-order chi connectivity index (χ1) is 10.1. The van der Waals surface area contributed by atoms with E-state index in [1.165, 1.54) is 0 Å². The Morgan fingerprint density at radius 3 is 2.76 bits per heavy atom. The van der Waals surface area contributed by atoms with Crippen LogP contribution in [0, 0.1) is 0 Å². The van der Waals surface area contributed by atoms with E-state index in [0.29, 0.717) is 37.4 Å². The number of aldehydes is 1. The summed E-state index contributed by atoms with van der Waals surface area (Å²) >= 11 is 0. The van der Waals surface area contributed by atoms with E-state index in [9.17, 15) is 9.90 Å². The van der Waals surface area contributed by atoms with Gasteiger partial charge in [0, 0.05) is 18.9 Å². The van der Waals surface area contributed by atoms with Gasteiger partial charge >= 0.3 is 0 Å². The maximum Gasteiger partial charge on any atom is 0.163 e. The third-order valence-corrected chi connectivity index (χ3v) is 2.97. The average molecular weight is 295 g/mol. The molecule has 1 aromatic rings. The van der Waals surface area contributed by atoms with Crippen molar-refractivity contribution in [2.45, 2.75) is 45.4 Å². The Morgan fingerprint density at radius 2 is 2.14 bits per heavy atom. The molecular formula is C16H25NO4. The molecule has 0 fully saturated rings. The summed E-state index contributed by atoms with van der Waals surface area (Å²) in [6.45, 7) is 4.33. The monoisotopic (exact) mass is 295 g/mol. The van der Waals surface area contributed by atoms with Crippen LogP contribution in [0.3, 0.4) is 0 Å². The van der Waals surface area contributed by atoms with Crippen LogP contribution in [-0.2, 0) is 11.2 Å². The van der Waals surface area contributed by atoms with Crippen LogP contribution in [0.25, 0.3) is 0 Å². The Kier molecular flexibility index (Phi) is 7.79. The second-order valence-corrected chi connectivity index (χ2v) is 5.13. The van der Waals surface area contributed by atoms with Crippen LogP contribution in [0.15, 0.2) is 18.2 Å². The van der Waals surface area contributed by atoms with Crippen molar-refractivity contribution in [3.8, 4) is 11.5 Å². The van der Waals surface area contributed by atoms with Crippen LogP contribution in [0.1, 0.15) is 32.3 Å². The summed E-state index contributed by atoms with van der Waals surface area (Å²) in [5.74, 6) is 1.29. The SMILES string of the molecule is COc1c(CCC=O)cccc1OCCC(O)NC(C)C. The third kappa shape index (κ3) is 6.14. The average Bonchev–Trinajstić information content (AvgIpc) is 2.44. The van der Waals surface area contributed by atoms with Crippen molar-refractivity contribution in [3.63, 3.8) is 0 Å². The summed E-state index contributed by atoms with van der Waals surface area (Å²) in [6.07, 6.45) is 1.87. The van der Waals surface area contributed by atoms with Crippen LogP contribution in [0.4, 0.5) is 0 Å². The van der Waals surface area contributed by atoms with Gasteiger partial charge < -0.3 is 19.4 Å². The van der Waals surface area contributed by atoms with Crippen LogP contribution in [0.5, 0.6) is 11.5 Å². The lowest BCUT2D eigenvalue weighted by Crippen LogP contribution is -2.35. The van der Waals surface area contributed by atoms with Gasteiger partial charge in [-0.05, 0) is 31.9 Å². The summed E-state index contributed by atoms with van der Waals surface area (Å²) in [7, 11) is 1.59. The second-order valence-electron chi connectivity index (χ2n) is 5.13. The molecule has 21 heavy (non-hydrogen) atoms. The van der Waals surface area contributed by atoms with Crippen molar-refractivity contribution in [3.05, 3.63) is 23.8 Å². The number of nitrogens with one attached hydrogen (secondary N) is 1. The summed E-state index contributed by atoms with van der Waals surface area (Å²) in [5.41, 5.74) is 0.947. The van der Waals surface area contributed by atoms with E-state index in [-0.39, 0.29) is 6.04 Å². The van der Waals surface area contributed by atoms with Crippen molar-refractivity contribution < 1.29 is 19.4 Å². The van der Waals surface area contributed by atoms with Crippen LogP contribution >= 0.6 is 0 Å². The molecule has 5 nitrogen and oxygen atoms in total. The number of benzene rings is 1. The highest BCUT2D eigenvalue weighted by Crippen LogP contribution is 2.31. The quantitative estimate of drug-likeness (QED) is 0.510. The molecule has 1 unspecified atom stereocenters. The fourth-order valence-electron chi connectivity index (χ4n) is 2.07. The molecule has 0 spiro atoms. The minimum Gasteiger partial charge on any atom is -0.493 e. The molecule has 0 aliphatic carbocycles. The number of para-hydroxylation sites is 1. The number of methoxy groups -OCH3 is 1. The van der Waals surface area contributed by atoms with Gasteiger partial charge in [0.1, 0.15) is 12.5 Å². The van der Waals surface area contributed by atoms with E-state index < -0.39 is 6.23 Å². The largest absolute Gasteiger partial charge is 0.493 e. The second kappa shape index (κ2) is 9.37. The zero-order chi connectivity index (χ0) is 15.7. The minimum atomic E-state index is -0.589. The van der Waals surface area contributed by atoms with E-state index in [0.717, 1.165) is 11.8 Å². The molecule has 2 N–H and O–H groups in total. The Bertz CT molecular complexity index is 434. The fourth-order valence-corrected chi connectivity index (χ4v) is 2.07. The van der Waals surface area contributed by atoms with E-state index in [1.54, 1.807) is 7.11 Å². The molecule has 0 aromatic heterocycles. The number of aliphatic hydroxyl groups is 1. The van der Waals surface area contributed by atoms with Gasteiger partial charge in [-0.15, -0.1) is 0 Å². The highest BCUT2D eigenvalue weighted by molar-refractivity contribution is 5.52. The number of rotatable bonds is 10. The first-order valence-electron chi connectivity index (χ1n) is 7.25. The number of hydrogen-bond acceptors (Lipinski definition) is 5. The zero-order valence-corrected chi connectivity index (χ0v) is 13.0. The Morgan fingerprint density at radius 1 is 1.38 bits per heavy atom. The Balaban J connectivity index is 2.59. The van der Waals surface area contributed by atoms with Gasteiger partial charge in [0.25, 0.3) is 0 Å². The first-order valence-corrected chi connectivity index (χ1v) is 7.25. The number of aliphatic hydroxyl groups excluding tert-OH is 1. The molecule has 0 aliphatic rings. The van der Waals surface area contributed by atoms with E-state index in [2.05, 4.69) is 5.32 Å². The summed E-state index contributed by atoms with van der Waals surface area (Å²) in [5, 5.41) is 12.7. The maximum atomic E-state index is 10.5. The maximum absolute atomic E-state index is 10.5. The normalized spacial score (nSPS) is 12.2. The standard InChI is InChI=1S/C16H25NO4/c1-12(2)17-15(19)9-11-21-14-8-4-6-13(7-5-10-18)16(14)20-3/h4,6,8,10,12,15,17,19H,5,7,9,11H2,1-3H3. The van der Waals surface area contributed by atoms with Crippen molar-refractivity contribution in [1.82, 2.24) is 5.32 Å². The van der Waals surface area contributed by atoms with Gasteiger partial charge in [0.15, 0.2) is 11.5 Å². The molecule has 0 amide bonds. The Hall–Kier alpha value is -1.59. The molecule has 1 atom stereocenters. The molecule has 0 bridgehead atoms. The summed E-state index contributed by atoms with van der Waals surface area (Å²) in [6, 6.07) is 5.85. The third-order valence-electron chi connectivity index (χ3n) is 2.97. The van der Waals surface area contributed by atoms with E-state index >= 15 is 0 Å². The lowest BCUT2D eigenvalue weighted by molar-refractivity contribution is -0.107. The number of carbonyl (C=O) groups is 1. The lowest BCUT2D eigenvalue weighted by Gasteiger charge is -2.17. The predicted octanol–water partition coefficient (Wildman–Crippen LogP) is 1.91. The molecule has 1 aromatic carbocycles. The minimum absolute atomic E-state index is 0.223. The van der Waals surface area contributed by atoms with Gasteiger partial charge in [0.2, 0.25) is 0 Å². The highest BCUT2D eigenvalue weighted by Gasteiger charge is 2.11. The van der Waals surface area contributed by atoms with Gasteiger partial charge in [-0.1, -0.05) is 12.1 Å². The molecule has 0 radical (unpaired) electrons. The van der Waals surface area contributed by atoms with Crippen LogP contribution in [0.2, 0.25) is 0 Å². The smallest absolute Gasteiger partial charge is 0.163 e. The first kappa shape index (κ1) is 17.5. The Labute approximate surface area is 126 Å². The van der Waals surface area contributed by atoms with Crippen molar-refractivity contribution in [2.24, 2.45) is 0 Å². The molecule has 5 heteroatoms. The number of hydrogen-bond donors (Lipinski definition) is 2. The fraction of sp³-hybridized carbons (Fsp3) is 0.562. The molecule has 118 valence electrons. The van der Waals surface area contributed by atoms with Crippen molar-refractivity contribution in [1.29, 1.82) is 0 Å². The summed E-state index contributed by atoms with van der Waals surface area (Å²) < 4.78 is 11.1.